The first-order chi connectivity index (χ1) is 18.2. The number of ether oxygens (including phenoxy) is 2. The largest absolute Gasteiger partial charge is 0.504 e. The number of hydrogen-bond donors (Lipinski definition) is 6. The third kappa shape index (κ3) is 11.9. The Bertz CT molecular complexity index is 866. The number of piperidine rings is 1. The zero-order valence-corrected chi connectivity index (χ0v) is 23.5. The van der Waals surface area contributed by atoms with E-state index in [9.17, 15) is 15.0 Å². The summed E-state index contributed by atoms with van der Waals surface area (Å²) in [6.07, 6.45) is 4.80. The summed E-state index contributed by atoms with van der Waals surface area (Å²) in [6.45, 7) is 5.96. The zero-order chi connectivity index (χ0) is 27.9. The lowest BCUT2D eigenvalue weighted by Gasteiger charge is -2.31. The van der Waals surface area contributed by atoms with Gasteiger partial charge in [-0.2, -0.15) is 0 Å². The van der Waals surface area contributed by atoms with Crippen molar-refractivity contribution in [3.63, 3.8) is 0 Å². The molecule has 38 heavy (non-hydrogen) atoms. The summed E-state index contributed by atoms with van der Waals surface area (Å²) in [5.41, 5.74) is 6.70. The second-order valence-corrected chi connectivity index (χ2v) is 10.3. The van der Waals surface area contributed by atoms with E-state index in [0.29, 0.717) is 55.9 Å². The Hall–Kier alpha value is -2.56. The van der Waals surface area contributed by atoms with E-state index < -0.39 is 12.2 Å². The molecule has 1 aromatic carbocycles. The van der Waals surface area contributed by atoms with E-state index >= 15 is 0 Å². The zero-order valence-electron chi connectivity index (χ0n) is 23.5. The Kier molecular flexibility index (Phi) is 14.3. The SMILES string of the molecule is CC[C@H](CC[C@H](O)C[C@@H](CCc1ccc(O)c(O[C@H]2CCN[C@H](CNC)C2)c1)OC(C)=O)CNC(N)=NC. The summed E-state index contributed by atoms with van der Waals surface area (Å²) >= 11 is 0. The third-order valence-electron chi connectivity index (χ3n) is 7.14. The molecule has 1 aliphatic heterocycles. The van der Waals surface area contributed by atoms with Crippen molar-refractivity contribution < 1.29 is 24.5 Å². The number of nitrogens with two attached hydrogens (primary N) is 1. The molecule has 2 rings (SSSR count). The van der Waals surface area contributed by atoms with E-state index in [2.05, 4.69) is 27.9 Å². The van der Waals surface area contributed by atoms with E-state index in [1.807, 2.05) is 19.2 Å². The van der Waals surface area contributed by atoms with Crippen LogP contribution in [0.25, 0.3) is 0 Å². The molecule has 10 nitrogen and oxygen atoms in total. The molecule has 0 unspecified atom stereocenters. The molecular weight excluding hydrogens is 486 g/mol. The summed E-state index contributed by atoms with van der Waals surface area (Å²) in [7, 11) is 3.58. The molecule has 1 aromatic rings. The summed E-state index contributed by atoms with van der Waals surface area (Å²) in [6, 6.07) is 5.73. The molecule has 0 aromatic heterocycles. The van der Waals surface area contributed by atoms with E-state index in [0.717, 1.165) is 44.3 Å². The van der Waals surface area contributed by atoms with Crippen molar-refractivity contribution in [1.29, 1.82) is 0 Å². The normalized spacial score (nSPS) is 20.4. The molecule has 0 bridgehead atoms. The molecule has 216 valence electrons. The molecule has 1 heterocycles. The van der Waals surface area contributed by atoms with Crippen LogP contribution in [0.5, 0.6) is 11.5 Å². The number of aliphatic hydroxyl groups is 1. The number of phenolic OH excluding ortho intramolecular Hbond substituents is 1. The Labute approximate surface area is 227 Å². The van der Waals surface area contributed by atoms with E-state index in [4.69, 9.17) is 15.2 Å². The lowest BCUT2D eigenvalue weighted by Crippen LogP contribution is -2.46. The fourth-order valence-electron chi connectivity index (χ4n) is 4.88. The minimum atomic E-state index is -0.574. The molecule has 0 aliphatic carbocycles. The number of aliphatic imine (C=N–C) groups is 1. The molecule has 7 N–H and O–H groups in total. The molecule has 0 amide bonds. The van der Waals surface area contributed by atoms with Crippen LogP contribution >= 0.6 is 0 Å². The average molecular weight is 536 g/mol. The first-order valence-electron chi connectivity index (χ1n) is 13.9. The number of phenols is 1. The Morgan fingerprint density at radius 2 is 2.11 bits per heavy atom. The summed E-state index contributed by atoms with van der Waals surface area (Å²) < 4.78 is 11.7. The van der Waals surface area contributed by atoms with Crippen molar-refractivity contribution in [3.05, 3.63) is 23.8 Å². The highest BCUT2D eigenvalue weighted by Gasteiger charge is 2.24. The van der Waals surface area contributed by atoms with Crippen LogP contribution in [-0.4, -0.2) is 80.2 Å². The van der Waals surface area contributed by atoms with Crippen LogP contribution in [0, 0.1) is 5.92 Å². The van der Waals surface area contributed by atoms with Crippen LogP contribution in [0.15, 0.2) is 23.2 Å². The minimum Gasteiger partial charge on any atom is -0.504 e. The fourth-order valence-corrected chi connectivity index (χ4v) is 4.88. The van der Waals surface area contributed by atoms with Gasteiger partial charge in [0.2, 0.25) is 0 Å². The van der Waals surface area contributed by atoms with Gasteiger partial charge in [0.05, 0.1) is 6.10 Å². The van der Waals surface area contributed by atoms with Gasteiger partial charge in [0.25, 0.3) is 0 Å². The third-order valence-corrected chi connectivity index (χ3v) is 7.14. The highest BCUT2D eigenvalue weighted by molar-refractivity contribution is 5.77. The number of aryl methyl sites for hydroxylation is 1. The molecule has 5 atom stereocenters. The molecule has 0 spiro atoms. The van der Waals surface area contributed by atoms with Crippen molar-refractivity contribution in [1.82, 2.24) is 16.0 Å². The molecule has 1 fully saturated rings. The highest BCUT2D eigenvalue weighted by Crippen LogP contribution is 2.30. The maximum absolute atomic E-state index is 11.7. The number of rotatable bonds is 16. The van der Waals surface area contributed by atoms with E-state index in [1.165, 1.54) is 6.92 Å². The van der Waals surface area contributed by atoms with Crippen molar-refractivity contribution in [2.24, 2.45) is 16.6 Å². The number of guanidine groups is 1. The second-order valence-electron chi connectivity index (χ2n) is 10.3. The van der Waals surface area contributed by atoms with Crippen molar-refractivity contribution in [2.75, 3.05) is 33.7 Å². The lowest BCUT2D eigenvalue weighted by atomic mass is 9.95. The van der Waals surface area contributed by atoms with Gasteiger partial charge in [-0.3, -0.25) is 9.79 Å². The van der Waals surface area contributed by atoms with Gasteiger partial charge < -0.3 is 41.4 Å². The van der Waals surface area contributed by atoms with Crippen LogP contribution in [0.3, 0.4) is 0 Å². The Morgan fingerprint density at radius 1 is 1.32 bits per heavy atom. The quantitative estimate of drug-likeness (QED) is 0.106. The monoisotopic (exact) mass is 535 g/mol. The van der Waals surface area contributed by atoms with Crippen LogP contribution in [-0.2, 0) is 16.0 Å². The Morgan fingerprint density at radius 3 is 2.79 bits per heavy atom. The maximum Gasteiger partial charge on any atom is 0.302 e. The summed E-state index contributed by atoms with van der Waals surface area (Å²) in [4.78, 5) is 15.6. The van der Waals surface area contributed by atoms with Crippen LogP contribution in [0.1, 0.15) is 64.4 Å². The number of esters is 1. The number of nitrogens with zero attached hydrogens (tertiary/aromatic N) is 1. The standard InChI is InChI=1S/C28H49N5O5/c1-5-20(17-33-28(29)31-4)6-9-23(35)16-24(37-19(2)34)10-7-21-8-11-26(36)27(14-21)38-25-12-13-32-22(15-25)18-30-3/h8,11,14,20,22-25,30,32,35-36H,5-7,9-10,12-13,15-18H2,1-4H3,(H3,29,31,33)/t20-,22+,23+,24-,25+/m1/s1. The van der Waals surface area contributed by atoms with Gasteiger partial charge in [0.15, 0.2) is 17.5 Å². The predicted octanol–water partition coefficient (Wildman–Crippen LogP) is 2.07. The van der Waals surface area contributed by atoms with E-state index in [1.54, 1.807) is 13.1 Å². The van der Waals surface area contributed by atoms with Gasteiger partial charge in [-0.15, -0.1) is 0 Å². The highest BCUT2D eigenvalue weighted by atomic mass is 16.5. The van der Waals surface area contributed by atoms with Gasteiger partial charge in [0, 0.05) is 45.9 Å². The minimum absolute atomic E-state index is 0.0348. The van der Waals surface area contributed by atoms with Gasteiger partial charge in [-0.05, 0) is 69.3 Å². The molecule has 10 heteroatoms. The maximum atomic E-state index is 11.7. The van der Waals surface area contributed by atoms with Gasteiger partial charge in [-0.25, -0.2) is 0 Å². The number of benzene rings is 1. The van der Waals surface area contributed by atoms with Crippen molar-refractivity contribution in [2.45, 2.75) is 89.6 Å². The second kappa shape index (κ2) is 17.1. The molecule has 0 saturated carbocycles. The number of aliphatic hydroxyl groups excluding tert-OH is 1. The van der Waals surface area contributed by atoms with Gasteiger partial charge in [0.1, 0.15) is 12.2 Å². The number of hydrogen-bond acceptors (Lipinski definition) is 8. The van der Waals surface area contributed by atoms with E-state index in [-0.39, 0.29) is 17.8 Å². The number of likely N-dealkylation sites (N-methyl/N-ethyl adjacent to an activating group) is 1. The van der Waals surface area contributed by atoms with Crippen molar-refractivity contribution in [3.8, 4) is 11.5 Å². The molecule has 0 radical (unpaired) electrons. The molecule has 1 saturated heterocycles. The first-order valence-corrected chi connectivity index (χ1v) is 13.9. The number of carbonyl (C=O) groups excluding carboxylic acids is 1. The van der Waals surface area contributed by atoms with Crippen LogP contribution < -0.4 is 26.4 Å². The summed E-state index contributed by atoms with van der Waals surface area (Å²) in [5.74, 6) is 1.02. The lowest BCUT2D eigenvalue weighted by molar-refractivity contribution is -0.148. The fraction of sp³-hybridized carbons (Fsp3) is 0.714. The van der Waals surface area contributed by atoms with Crippen molar-refractivity contribution >= 4 is 11.9 Å². The number of nitrogens with one attached hydrogen (secondary N) is 3. The van der Waals surface area contributed by atoms with Crippen LogP contribution in [0.2, 0.25) is 0 Å². The number of aromatic hydroxyl groups is 1. The average Bonchev–Trinajstić information content (AvgIpc) is 2.89. The molecular formula is C28H49N5O5. The topological polar surface area (TPSA) is 150 Å². The summed E-state index contributed by atoms with van der Waals surface area (Å²) in [5, 5.41) is 30.8. The first kappa shape index (κ1) is 31.7. The predicted molar refractivity (Wildman–Crippen MR) is 151 cm³/mol. The van der Waals surface area contributed by atoms with Gasteiger partial charge >= 0.3 is 5.97 Å². The Balaban J connectivity index is 1.90. The number of carbonyl (C=O) groups is 1. The molecule has 1 aliphatic rings. The smallest absolute Gasteiger partial charge is 0.302 e. The van der Waals surface area contributed by atoms with Gasteiger partial charge in [-0.1, -0.05) is 19.4 Å². The van der Waals surface area contributed by atoms with Crippen LogP contribution in [0.4, 0.5) is 0 Å².